The second-order valence-electron chi connectivity index (χ2n) is 9.99. The van der Waals surface area contributed by atoms with Gasteiger partial charge >= 0.3 is 0 Å². The third-order valence-electron chi connectivity index (χ3n) is 7.48. The Bertz CT molecular complexity index is 1270. The van der Waals surface area contributed by atoms with Crippen molar-refractivity contribution >= 4 is 22.6 Å². The molecule has 1 atom stereocenters. The molecule has 2 aliphatic heterocycles. The van der Waals surface area contributed by atoms with E-state index in [9.17, 15) is 4.79 Å². The quantitative estimate of drug-likeness (QED) is 0.387. The zero-order chi connectivity index (χ0) is 26.5. The fraction of sp³-hybridized carbons (Fsp3) is 0.467. The number of nitrogens with zero attached hydrogens (tertiary/aromatic N) is 3. The van der Waals surface area contributed by atoms with Crippen LogP contribution >= 0.6 is 0 Å². The van der Waals surface area contributed by atoms with Crippen molar-refractivity contribution in [2.75, 3.05) is 52.5 Å². The molecule has 3 heterocycles. The average Bonchev–Trinajstić information content (AvgIpc) is 3.67. The summed E-state index contributed by atoms with van der Waals surface area (Å²) < 4.78 is 22.4. The van der Waals surface area contributed by atoms with Gasteiger partial charge in [0, 0.05) is 55.4 Å². The van der Waals surface area contributed by atoms with Crippen LogP contribution in [-0.2, 0) is 22.5 Å². The first-order valence-electron chi connectivity index (χ1n) is 13.4. The van der Waals surface area contributed by atoms with Gasteiger partial charge in [-0.1, -0.05) is 0 Å². The standard InChI is InChI=1S/C30H37N3O5/c1-35-24-10-11-28(37-3)22(16-24)17-29(34)33(20-26-7-6-14-38-26)19-23-15-21-8-9-25(36-2)18-27(21)31-30(23)32-12-4-5-13-32/h8-11,15-16,18,26H,4-7,12-14,17,19-20H2,1-3H3. The molecule has 2 aromatic carbocycles. The SMILES string of the molecule is COc1ccc(OC)c(CC(=O)N(Cc2cc3ccc(OC)cc3nc2N2CCCC2)CC2CCCO2)c1. The molecule has 0 aliphatic carbocycles. The maximum Gasteiger partial charge on any atom is 0.227 e. The van der Waals surface area contributed by atoms with Crippen molar-refractivity contribution in [3.8, 4) is 17.2 Å². The molecule has 1 amide bonds. The highest BCUT2D eigenvalue weighted by atomic mass is 16.5. The number of benzene rings is 2. The molecule has 8 heteroatoms. The van der Waals surface area contributed by atoms with E-state index in [0.29, 0.717) is 24.6 Å². The summed E-state index contributed by atoms with van der Waals surface area (Å²) in [6.45, 7) is 3.69. The summed E-state index contributed by atoms with van der Waals surface area (Å²) in [6.07, 6.45) is 4.52. The molecule has 0 N–H and O–H groups in total. The highest BCUT2D eigenvalue weighted by Gasteiger charge is 2.26. The molecule has 3 aromatic rings. The summed E-state index contributed by atoms with van der Waals surface area (Å²) in [7, 11) is 4.92. The number of pyridine rings is 1. The second kappa shape index (κ2) is 11.9. The van der Waals surface area contributed by atoms with Crippen molar-refractivity contribution in [3.63, 3.8) is 0 Å². The Kier molecular flexibility index (Phi) is 8.17. The van der Waals surface area contributed by atoms with E-state index < -0.39 is 0 Å². The van der Waals surface area contributed by atoms with Gasteiger partial charge in [-0.2, -0.15) is 0 Å². The van der Waals surface area contributed by atoms with Gasteiger partial charge in [-0.05, 0) is 62.1 Å². The van der Waals surface area contributed by atoms with Crippen LogP contribution < -0.4 is 19.1 Å². The van der Waals surface area contributed by atoms with E-state index >= 15 is 0 Å². The predicted molar refractivity (Wildman–Crippen MR) is 147 cm³/mol. The molecule has 1 unspecified atom stereocenters. The van der Waals surface area contributed by atoms with Gasteiger partial charge in [-0.3, -0.25) is 4.79 Å². The number of amides is 1. The lowest BCUT2D eigenvalue weighted by Gasteiger charge is -2.29. The number of methoxy groups -OCH3 is 3. The fourth-order valence-electron chi connectivity index (χ4n) is 5.42. The maximum absolute atomic E-state index is 13.9. The predicted octanol–water partition coefficient (Wildman–Crippen LogP) is 4.61. The molecule has 0 radical (unpaired) electrons. The number of anilines is 1. The van der Waals surface area contributed by atoms with Gasteiger partial charge in [-0.15, -0.1) is 0 Å². The number of aromatic nitrogens is 1. The Morgan fingerprint density at radius 1 is 0.974 bits per heavy atom. The van der Waals surface area contributed by atoms with Crippen molar-refractivity contribution in [1.29, 1.82) is 0 Å². The smallest absolute Gasteiger partial charge is 0.227 e. The first-order chi connectivity index (χ1) is 18.6. The van der Waals surface area contributed by atoms with E-state index in [4.69, 9.17) is 23.9 Å². The van der Waals surface area contributed by atoms with Gasteiger partial charge in [0.2, 0.25) is 5.91 Å². The lowest BCUT2D eigenvalue weighted by Crippen LogP contribution is -2.38. The van der Waals surface area contributed by atoms with E-state index in [-0.39, 0.29) is 18.4 Å². The van der Waals surface area contributed by atoms with Crippen LogP contribution in [0, 0.1) is 0 Å². The van der Waals surface area contributed by atoms with Crippen LogP contribution in [0.25, 0.3) is 10.9 Å². The summed E-state index contributed by atoms with van der Waals surface area (Å²) in [5.41, 5.74) is 2.75. The molecule has 2 aliphatic rings. The number of hydrogen-bond donors (Lipinski definition) is 0. The van der Waals surface area contributed by atoms with Crippen LogP contribution in [0.2, 0.25) is 0 Å². The zero-order valence-corrected chi connectivity index (χ0v) is 22.6. The van der Waals surface area contributed by atoms with Gasteiger partial charge in [0.05, 0.1) is 39.4 Å². The van der Waals surface area contributed by atoms with E-state index in [1.807, 2.05) is 41.3 Å². The Balaban J connectivity index is 1.48. The minimum atomic E-state index is 0.0225. The van der Waals surface area contributed by atoms with Crippen molar-refractivity contribution in [3.05, 3.63) is 53.6 Å². The molecule has 2 fully saturated rings. The van der Waals surface area contributed by atoms with Gasteiger partial charge < -0.3 is 28.7 Å². The zero-order valence-electron chi connectivity index (χ0n) is 22.6. The average molecular weight is 520 g/mol. The monoisotopic (exact) mass is 519 g/mol. The molecular weight excluding hydrogens is 482 g/mol. The largest absolute Gasteiger partial charge is 0.497 e. The highest BCUT2D eigenvalue weighted by molar-refractivity contribution is 5.84. The second-order valence-corrected chi connectivity index (χ2v) is 9.99. The minimum Gasteiger partial charge on any atom is -0.497 e. The van der Waals surface area contributed by atoms with Crippen LogP contribution in [0.5, 0.6) is 17.2 Å². The van der Waals surface area contributed by atoms with Gasteiger partial charge in [0.1, 0.15) is 23.1 Å². The summed E-state index contributed by atoms with van der Waals surface area (Å²) in [5, 5.41) is 1.03. The van der Waals surface area contributed by atoms with Gasteiger partial charge in [0.25, 0.3) is 0 Å². The molecule has 8 nitrogen and oxygen atoms in total. The molecule has 0 bridgehead atoms. The first kappa shape index (κ1) is 26.1. The molecular formula is C30H37N3O5. The molecule has 38 heavy (non-hydrogen) atoms. The van der Waals surface area contributed by atoms with Crippen LogP contribution in [0.15, 0.2) is 42.5 Å². The number of hydrogen-bond acceptors (Lipinski definition) is 7. The molecule has 202 valence electrons. The molecule has 1 aromatic heterocycles. The summed E-state index contributed by atoms with van der Waals surface area (Å²) in [4.78, 5) is 23.2. The number of rotatable bonds is 10. The van der Waals surface area contributed by atoms with Crippen molar-refractivity contribution < 1.29 is 23.7 Å². The third kappa shape index (κ3) is 5.80. The van der Waals surface area contributed by atoms with E-state index in [0.717, 1.165) is 79.0 Å². The van der Waals surface area contributed by atoms with Crippen LogP contribution in [-0.4, -0.2) is 69.5 Å². The lowest BCUT2D eigenvalue weighted by molar-refractivity contribution is -0.132. The minimum absolute atomic E-state index is 0.0225. The summed E-state index contributed by atoms with van der Waals surface area (Å²) in [5.74, 6) is 3.13. The topological polar surface area (TPSA) is 73.4 Å². The van der Waals surface area contributed by atoms with Gasteiger partial charge in [0.15, 0.2) is 0 Å². The molecule has 2 saturated heterocycles. The number of ether oxygens (including phenoxy) is 4. The van der Waals surface area contributed by atoms with Crippen LogP contribution in [0.3, 0.4) is 0 Å². The lowest BCUT2D eigenvalue weighted by atomic mass is 10.1. The maximum atomic E-state index is 13.9. The van der Waals surface area contributed by atoms with E-state index in [1.165, 1.54) is 0 Å². The Hall–Kier alpha value is -3.52. The van der Waals surface area contributed by atoms with E-state index in [2.05, 4.69) is 11.0 Å². The molecule has 0 saturated carbocycles. The van der Waals surface area contributed by atoms with Crippen molar-refractivity contribution in [2.24, 2.45) is 0 Å². The number of carbonyl (C=O) groups is 1. The van der Waals surface area contributed by atoms with Crippen LogP contribution in [0.1, 0.15) is 36.8 Å². The first-order valence-corrected chi connectivity index (χ1v) is 13.4. The molecule has 5 rings (SSSR count). The Morgan fingerprint density at radius 3 is 2.45 bits per heavy atom. The number of fused-ring (bicyclic) bond motifs is 1. The third-order valence-corrected chi connectivity index (χ3v) is 7.48. The van der Waals surface area contributed by atoms with Crippen molar-refractivity contribution in [1.82, 2.24) is 9.88 Å². The summed E-state index contributed by atoms with van der Waals surface area (Å²) in [6, 6.07) is 13.7. The van der Waals surface area contributed by atoms with Crippen molar-refractivity contribution in [2.45, 2.75) is 44.8 Å². The normalized spacial score (nSPS) is 17.1. The van der Waals surface area contributed by atoms with Gasteiger partial charge in [-0.25, -0.2) is 4.98 Å². The van der Waals surface area contributed by atoms with Crippen LogP contribution in [0.4, 0.5) is 5.82 Å². The highest BCUT2D eigenvalue weighted by Crippen LogP contribution is 2.31. The fourth-order valence-corrected chi connectivity index (χ4v) is 5.42. The van der Waals surface area contributed by atoms with E-state index in [1.54, 1.807) is 21.3 Å². The molecule has 0 spiro atoms. The summed E-state index contributed by atoms with van der Waals surface area (Å²) >= 11 is 0. The Morgan fingerprint density at radius 2 is 1.74 bits per heavy atom. The number of carbonyl (C=O) groups excluding carboxylic acids is 1. The Labute approximate surface area is 224 Å².